The Hall–Kier alpha value is -0.900. The minimum absolute atomic E-state index is 0.0617. The van der Waals surface area contributed by atoms with Crippen LogP contribution in [-0.2, 0) is 9.59 Å². The van der Waals surface area contributed by atoms with Gasteiger partial charge in [-0.2, -0.15) is 0 Å². The monoisotopic (exact) mass is 296 g/mol. The van der Waals surface area contributed by atoms with Gasteiger partial charge in [0.1, 0.15) is 5.78 Å². The summed E-state index contributed by atoms with van der Waals surface area (Å²) >= 11 is 0. The Morgan fingerprint density at radius 1 is 1.14 bits per heavy atom. The summed E-state index contributed by atoms with van der Waals surface area (Å²) in [4.78, 5) is 27.2. The molecular weight excluding hydrogens is 264 g/mol. The van der Waals surface area contributed by atoms with Crippen molar-refractivity contribution in [3.8, 4) is 0 Å². The molecule has 0 saturated heterocycles. The van der Waals surface area contributed by atoms with E-state index in [-0.39, 0.29) is 35.0 Å². The van der Waals surface area contributed by atoms with Gasteiger partial charge in [0.2, 0.25) is 5.91 Å². The standard InChI is InChI=1S/C17H32N2O2/c1-12(11-19(5)6)18-16(21)14-10-8-7-9-13(14)15(20)17(2,3)4/h12-14H,7-11H2,1-6H3,(H,18,21)/t12?,13-,14+/m0/s1. The van der Waals surface area contributed by atoms with E-state index in [4.69, 9.17) is 0 Å². The molecule has 0 aromatic rings. The highest BCUT2D eigenvalue weighted by atomic mass is 16.2. The van der Waals surface area contributed by atoms with Gasteiger partial charge in [-0.15, -0.1) is 0 Å². The van der Waals surface area contributed by atoms with Gasteiger partial charge in [-0.25, -0.2) is 0 Å². The molecule has 4 heteroatoms. The first-order chi connectivity index (χ1) is 9.62. The summed E-state index contributed by atoms with van der Waals surface area (Å²) < 4.78 is 0. The Bertz CT molecular complexity index is 371. The molecule has 0 aromatic heterocycles. The Balaban J connectivity index is 2.72. The van der Waals surface area contributed by atoms with E-state index < -0.39 is 0 Å². The molecule has 0 aromatic carbocycles. The molecule has 4 nitrogen and oxygen atoms in total. The first kappa shape index (κ1) is 18.1. The summed E-state index contributed by atoms with van der Waals surface area (Å²) in [5.41, 5.74) is -0.365. The van der Waals surface area contributed by atoms with Crippen LogP contribution in [0.2, 0.25) is 0 Å². The quantitative estimate of drug-likeness (QED) is 0.848. The molecule has 0 spiro atoms. The Labute approximate surface area is 129 Å². The number of Topliss-reactive ketones (excluding diaryl/α,β-unsaturated/α-hetero) is 1. The highest BCUT2D eigenvalue weighted by molar-refractivity contribution is 5.91. The van der Waals surface area contributed by atoms with Crippen molar-refractivity contribution in [2.24, 2.45) is 17.3 Å². The smallest absolute Gasteiger partial charge is 0.224 e. The summed E-state index contributed by atoms with van der Waals surface area (Å²) in [5.74, 6) is 0.0506. The molecule has 21 heavy (non-hydrogen) atoms. The SMILES string of the molecule is CC(CN(C)C)NC(=O)[C@@H]1CCCC[C@@H]1C(=O)C(C)(C)C. The zero-order chi connectivity index (χ0) is 16.2. The minimum atomic E-state index is -0.365. The van der Waals surface area contributed by atoms with Gasteiger partial charge in [-0.1, -0.05) is 33.6 Å². The lowest BCUT2D eigenvalue weighted by Crippen LogP contribution is -2.47. The van der Waals surface area contributed by atoms with Crippen molar-refractivity contribution in [1.82, 2.24) is 10.2 Å². The Morgan fingerprint density at radius 2 is 1.67 bits per heavy atom. The van der Waals surface area contributed by atoms with Gasteiger partial charge >= 0.3 is 0 Å². The maximum Gasteiger partial charge on any atom is 0.224 e. The normalized spacial score (nSPS) is 24.7. The largest absolute Gasteiger partial charge is 0.352 e. The number of hydrogen-bond acceptors (Lipinski definition) is 3. The number of likely N-dealkylation sites (N-methyl/N-ethyl adjacent to an activating group) is 1. The van der Waals surface area contributed by atoms with Crippen molar-refractivity contribution in [3.05, 3.63) is 0 Å². The number of carbonyl (C=O) groups is 2. The van der Waals surface area contributed by atoms with Crippen LogP contribution >= 0.6 is 0 Å². The van der Waals surface area contributed by atoms with Crippen LogP contribution in [-0.4, -0.2) is 43.3 Å². The van der Waals surface area contributed by atoms with Gasteiger partial charge < -0.3 is 10.2 Å². The maximum atomic E-state index is 12.6. The highest BCUT2D eigenvalue weighted by Gasteiger charge is 2.39. The number of ketones is 1. The maximum absolute atomic E-state index is 12.6. The van der Waals surface area contributed by atoms with Gasteiger partial charge in [-0.3, -0.25) is 9.59 Å². The number of rotatable bonds is 5. The summed E-state index contributed by atoms with van der Waals surface area (Å²) in [6, 6.07) is 0.111. The van der Waals surface area contributed by atoms with E-state index in [0.29, 0.717) is 0 Å². The molecule has 1 unspecified atom stereocenters. The predicted molar refractivity (Wildman–Crippen MR) is 86.1 cm³/mol. The van der Waals surface area contributed by atoms with Crippen LogP contribution in [0.25, 0.3) is 0 Å². The molecule has 1 fully saturated rings. The molecule has 0 radical (unpaired) electrons. The van der Waals surface area contributed by atoms with E-state index in [2.05, 4.69) is 10.2 Å². The van der Waals surface area contributed by atoms with Crippen molar-refractivity contribution in [2.45, 2.75) is 59.4 Å². The average Bonchev–Trinajstić information content (AvgIpc) is 2.35. The third kappa shape index (κ3) is 5.42. The lowest BCUT2D eigenvalue weighted by molar-refractivity contribution is -0.140. The van der Waals surface area contributed by atoms with E-state index in [9.17, 15) is 9.59 Å². The van der Waals surface area contributed by atoms with Crippen LogP contribution in [0.4, 0.5) is 0 Å². The molecule has 0 bridgehead atoms. The third-order valence-electron chi connectivity index (χ3n) is 4.21. The first-order valence-corrected chi connectivity index (χ1v) is 8.12. The highest BCUT2D eigenvalue weighted by Crippen LogP contribution is 2.35. The second-order valence-electron chi connectivity index (χ2n) is 7.78. The van der Waals surface area contributed by atoms with Crippen LogP contribution in [0.5, 0.6) is 0 Å². The molecule has 1 aliphatic rings. The summed E-state index contributed by atoms with van der Waals surface area (Å²) in [5, 5.41) is 3.08. The van der Waals surface area contributed by atoms with Crippen molar-refractivity contribution in [2.75, 3.05) is 20.6 Å². The minimum Gasteiger partial charge on any atom is -0.352 e. The van der Waals surface area contributed by atoms with Gasteiger partial charge in [0, 0.05) is 29.8 Å². The number of nitrogens with zero attached hydrogens (tertiary/aromatic N) is 1. The third-order valence-corrected chi connectivity index (χ3v) is 4.21. The first-order valence-electron chi connectivity index (χ1n) is 8.12. The zero-order valence-corrected chi connectivity index (χ0v) is 14.5. The van der Waals surface area contributed by atoms with Gasteiger partial charge in [0.25, 0.3) is 0 Å². The molecule has 0 heterocycles. The molecule has 1 N–H and O–H groups in total. The fourth-order valence-electron chi connectivity index (χ4n) is 3.26. The summed E-state index contributed by atoms with van der Waals surface area (Å²) in [7, 11) is 3.99. The number of nitrogens with one attached hydrogen (secondary N) is 1. The van der Waals surface area contributed by atoms with E-state index >= 15 is 0 Å². The second kappa shape index (κ2) is 7.39. The van der Waals surface area contributed by atoms with Crippen molar-refractivity contribution in [3.63, 3.8) is 0 Å². The lowest BCUT2D eigenvalue weighted by Gasteiger charge is -2.34. The van der Waals surface area contributed by atoms with E-state index in [1.54, 1.807) is 0 Å². The Morgan fingerprint density at radius 3 is 2.14 bits per heavy atom. The lowest BCUT2D eigenvalue weighted by atomic mass is 9.70. The molecular formula is C17H32N2O2. The van der Waals surface area contributed by atoms with Crippen molar-refractivity contribution in [1.29, 1.82) is 0 Å². The van der Waals surface area contributed by atoms with Crippen LogP contribution in [0.1, 0.15) is 53.4 Å². The summed E-state index contributed by atoms with van der Waals surface area (Å²) in [6.45, 7) is 8.69. The fraction of sp³-hybridized carbons (Fsp3) is 0.882. The van der Waals surface area contributed by atoms with Crippen LogP contribution < -0.4 is 5.32 Å². The molecule has 1 saturated carbocycles. The number of hydrogen-bond donors (Lipinski definition) is 1. The van der Waals surface area contributed by atoms with Crippen molar-refractivity contribution < 1.29 is 9.59 Å². The van der Waals surface area contributed by atoms with Crippen LogP contribution in [0, 0.1) is 17.3 Å². The van der Waals surface area contributed by atoms with E-state index in [1.807, 2.05) is 41.8 Å². The molecule has 0 aliphatic heterocycles. The Kier molecular flexibility index (Phi) is 6.39. The number of carbonyl (C=O) groups excluding carboxylic acids is 2. The predicted octanol–water partition coefficient (Wildman–Crippen LogP) is 2.47. The molecule has 1 rings (SSSR count). The van der Waals surface area contributed by atoms with Gasteiger partial charge in [0.15, 0.2) is 0 Å². The van der Waals surface area contributed by atoms with E-state index in [1.165, 1.54) is 0 Å². The summed E-state index contributed by atoms with van der Waals surface area (Å²) in [6.07, 6.45) is 3.81. The van der Waals surface area contributed by atoms with Gasteiger partial charge in [0.05, 0.1) is 0 Å². The zero-order valence-electron chi connectivity index (χ0n) is 14.5. The second-order valence-corrected chi connectivity index (χ2v) is 7.78. The van der Waals surface area contributed by atoms with Crippen molar-refractivity contribution >= 4 is 11.7 Å². The fourth-order valence-corrected chi connectivity index (χ4v) is 3.26. The van der Waals surface area contributed by atoms with E-state index in [0.717, 1.165) is 32.2 Å². The number of amides is 1. The molecule has 122 valence electrons. The average molecular weight is 296 g/mol. The van der Waals surface area contributed by atoms with Gasteiger partial charge in [-0.05, 0) is 33.9 Å². The molecule has 1 aliphatic carbocycles. The molecule has 3 atom stereocenters. The van der Waals surface area contributed by atoms with Crippen LogP contribution in [0.3, 0.4) is 0 Å². The van der Waals surface area contributed by atoms with Crippen LogP contribution in [0.15, 0.2) is 0 Å². The molecule has 1 amide bonds. The topological polar surface area (TPSA) is 49.4 Å².